The van der Waals surface area contributed by atoms with Gasteiger partial charge in [-0.3, -0.25) is 0 Å². The fourth-order valence-corrected chi connectivity index (χ4v) is 1.35. The van der Waals surface area contributed by atoms with Gasteiger partial charge in [-0.05, 0) is 30.5 Å². The summed E-state index contributed by atoms with van der Waals surface area (Å²) in [5.74, 6) is 0. The summed E-state index contributed by atoms with van der Waals surface area (Å²) in [5.41, 5.74) is 3.06. The SMILES string of the molecule is Cc1cccc(C(O)CC=O)c1C. The fraction of sp³-hybridized carbons (Fsp3) is 0.364. The van der Waals surface area contributed by atoms with Crippen molar-refractivity contribution in [3.63, 3.8) is 0 Å². The van der Waals surface area contributed by atoms with E-state index < -0.39 is 6.10 Å². The van der Waals surface area contributed by atoms with Gasteiger partial charge in [0.05, 0.1) is 6.10 Å². The third-order valence-corrected chi connectivity index (χ3v) is 2.33. The topological polar surface area (TPSA) is 37.3 Å². The molecule has 0 saturated carbocycles. The van der Waals surface area contributed by atoms with E-state index >= 15 is 0 Å². The minimum Gasteiger partial charge on any atom is -0.388 e. The highest BCUT2D eigenvalue weighted by Gasteiger charge is 2.09. The van der Waals surface area contributed by atoms with Crippen LogP contribution in [0.1, 0.15) is 29.2 Å². The van der Waals surface area contributed by atoms with Gasteiger partial charge in [-0.15, -0.1) is 0 Å². The normalized spacial score (nSPS) is 12.5. The number of carbonyl (C=O) groups excluding carboxylic acids is 1. The fourth-order valence-electron chi connectivity index (χ4n) is 1.35. The molecule has 0 bridgehead atoms. The second-order valence-corrected chi connectivity index (χ2v) is 3.21. The Morgan fingerprint density at radius 3 is 2.77 bits per heavy atom. The van der Waals surface area contributed by atoms with Crippen molar-refractivity contribution in [2.45, 2.75) is 26.4 Å². The van der Waals surface area contributed by atoms with Crippen LogP contribution in [-0.4, -0.2) is 11.4 Å². The molecule has 0 aliphatic carbocycles. The maximum absolute atomic E-state index is 10.2. The molecule has 1 aromatic rings. The number of aryl methyl sites for hydroxylation is 1. The molecule has 0 heterocycles. The first-order chi connectivity index (χ1) is 6.16. The predicted octanol–water partition coefficient (Wildman–Crippen LogP) is 1.93. The first-order valence-electron chi connectivity index (χ1n) is 4.34. The van der Waals surface area contributed by atoms with Crippen LogP contribution in [0.3, 0.4) is 0 Å². The van der Waals surface area contributed by atoms with Gasteiger partial charge in [0.1, 0.15) is 6.29 Å². The average molecular weight is 178 g/mol. The summed E-state index contributed by atoms with van der Waals surface area (Å²) >= 11 is 0. The second kappa shape index (κ2) is 4.19. The van der Waals surface area contributed by atoms with Crippen molar-refractivity contribution in [3.8, 4) is 0 Å². The molecule has 13 heavy (non-hydrogen) atoms. The number of aliphatic hydroxyl groups excluding tert-OH is 1. The highest BCUT2D eigenvalue weighted by atomic mass is 16.3. The summed E-state index contributed by atoms with van der Waals surface area (Å²) in [6, 6.07) is 5.74. The van der Waals surface area contributed by atoms with Gasteiger partial charge in [0.2, 0.25) is 0 Å². The monoisotopic (exact) mass is 178 g/mol. The Morgan fingerprint density at radius 1 is 1.46 bits per heavy atom. The Bertz CT molecular complexity index is 305. The van der Waals surface area contributed by atoms with Crippen LogP contribution in [0.25, 0.3) is 0 Å². The lowest BCUT2D eigenvalue weighted by atomic mass is 9.98. The van der Waals surface area contributed by atoms with Crippen molar-refractivity contribution in [2.24, 2.45) is 0 Å². The summed E-state index contributed by atoms with van der Waals surface area (Å²) in [7, 11) is 0. The van der Waals surface area contributed by atoms with Crippen molar-refractivity contribution < 1.29 is 9.90 Å². The van der Waals surface area contributed by atoms with Crippen LogP contribution in [0.15, 0.2) is 18.2 Å². The van der Waals surface area contributed by atoms with Crippen LogP contribution in [0, 0.1) is 13.8 Å². The number of hydrogen-bond donors (Lipinski definition) is 1. The molecular weight excluding hydrogens is 164 g/mol. The molecule has 0 aromatic heterocycles. The number of rotatable bonds is 3. The third-order valence-electron chi connectivity index (χ3n) is 2.33. The highest BCUT2D eigenvalue weighted by Crippen LogP contribution is 2.21. The van der Waals surface area contributed by atoms with E-state index in [0.717, 1.165) is 23.0 Å². The molecule has 0 radical (unpaired) electrons. The van der Waals surface area contributed by atoms with Gasteiger partial charge in [0, 0.05) is 6.42 Å². The Balaban J connectivity index is 3.00. The molecule has 1 N–H and O–H groups in total. The van der Waals surface area contributed by atoms with Gasteiger partial charge in [-0.1, -0.05) is 18.2 Å². The van der Waals surface area contributed by atoms with E-state index in [1.54, 1.807) is 0 Å². The van der Waals surface area contributed by atoms with Crippen molar-refractivity contribution in [1.29, 1.82) is 0 Å². The first kappa shape index (κ1) is 9.93. The number of benzene rings is 1. The van der Waals surface area contributed by atoms with E-state index in [2.05, 4.69) is 0 Å². The zero-order valence-electron chi connectivity index (χ0n) is 7.95. The minimum atomic E-state index is -0.655. The number of carbonyl (C=O) groups is 1. The standard InChI is InChI=1S/C11H14O2/c1-8-4-3-5-10(9(8)2)11(13)6-7-12/h3-5,7,11,13H,6H2,1-2H3. The molecular formula is C11H14O2. The average Bonchev–Trinajstić information content (AvgIpc) is 2.10. The number of hydrogen-bond acceptors (Lipinski definition) is 2. The summed E-state index contributed by atoms with van der Waals surface area (Å²) in [6.45, 7) is 3.95. The van der Waals surface area contributed by atoms with Crippen LogP contribution >= 0.6 is 0 Å². The van der Waals surface area contributed by atoms with Crippen molar-refractivity contribution in [1.82, 2.24) is 0 Å². The van der Waals surface area contributed by atoms with Gasteiger partial charge in [-0.2, -0.15) is 0 Å². The first-order valence-corrected chi connectivity index (χ1v) is 4.34. The largest absolute Gasteiger partial charge is 0.388 e. The Labute approximate surface area is 78.2 Å². The molecule has 1 rings (SSSR count). The number of aliphatic hydroxyl groups is 1. The molecule has 0 fully saturated rings. The van der Waals surface area contributed by atoms with E-state index in [0.29, 0.717) is 0 Å². The van der Waals surface area contributed by atoms with Gasteiger partial charge in [0.25, 0.3) is 0 Å². The molecule has 70 valence electrons. The molecule has 0 aliphatic heterocycles. The van der Waals surface area contributed by atoms with Gasteiger partial charge in [0.15, 0.2) is 0 Å². The second-order valence-electron chi connectivity index (χ2n) is 3.21. The van der Waals surface area contributed by atoms with Crippen LogP contribution in [0.2, 0.25) is 0 Å². The van der Waals surface area contributed by atoms with Gasteiger partial charge in [-0.25, -0.2) is 0 Å². The minimum absolute atomic E-state index is 0.171. The zero-order chi connectivity index (χ0) is 9.84. The molecule has 1 aromatic carbocycles. The zero-order valence-corrected chi connectivity index (χ0v) is 7.95. The Morgan fingerprint density at radius 2 is 2.15 bits per heavy atom. The molecule has 0 saturated heterocycles. The third kappa shape index (κ3) is 2.16. The van der Waals surface area contributed by atoms with Crippen LogP contribution in [0.5, 0.6) is 0 Å². The molecule has 0 aliphatic rings. The maximum Gasteiger partial charge on any atom is 0.122 e. The van der Waals surface area contributed by atoms with E-state index in [1.807, 2.05) is 32.0 Å². The van der Waals surface area contributed by atoms with Crippen molar-refractivity contribution in [2.75, 3.05) is 0 Å². The quantitative estimate of drug-likeness (QED) is 0.718. The summed E-state index contributed by atoms with van der Waals surface area (Å²) in [5, 5.41) is 9.59. The van der Waals surface area contributed by atoms with Crippen LogP contribution in [-0.2, 0) is 4.79 Å². The predicted molar refractivity (Wildman–Crippen MR) is 51.6 cm³/mol. The molecule has 2 nitrogen and oxygen atoms in total. The van der Waals surface area contributed by atoms with E-state index in [1.165, 1.54) is 0 Å². The van der Waals surface area contributed by atoms with E-state index in [9.17, 15) is 9.90 Å². The van der Waals surface area contributed by atoms with Crippen molar-refractivity contribution >= 4 is 6.29 Å². The molecule has 1 atom stereocenters. The summed E-state index contributed by atoms with van der Waals surface area (Å²) in [6.07, 6.45) is 0.258. The number of aldehydes is 1. The maximum atomic E-state index is 10.2. The van der Waals surface area contributed by atoms with Crippen LogP contribution < -0.4 is 0 Å². The summed E-state index contributed by atoms with van der Waals surface area (Å²) < 4.78 is 0. The van der Waals surface area contributed by atoms with Crippen LogP contribution in [0.4, 0.5) is 0 Å². The molecule has 0 spiro atoms. The van der Waals surface area contributed by atoms with Gasteiger partial charge >= 0.3 is 0 Å². The lowest BCUT2D eigenvalue weighted by Gasteiger charge is -2.12. The van der Waals surface area contributed by atoms with E-state index in [-0.39, 0.29) is 6.42 Å². The highest BCUT2D eigenvalue weighted by molar-refractivity contribution is 5.51. The smallest absolute Gasteiger partial charge is 0.122 e. The lowest BCUT2D eigenvalue weighted by Crippen LogP contribution is -2.01. The Kier molecular flexibility index (Phi) is 3.20. The van der Waals surface area contributed by atoms with E-state index in [4.69, 9.17) is 0 Å². The summed E-state index contributed by atoms with van der Waals surface area (Å²) in [4.78, 5) is 10.2. The molecule has 0 amide bonds. The Hall–Kier alpha value is -1.15. The lowest BCUT2D eigenvalue weighted by molar-refractivity contribution is -0.109. The van der Waals surface area contributed by atoms with Gasteiger partial charge < -0.3 is 9.90 Å². The molecule has 2 heteroatoms. The van der Waals surface area contributed by atoms with Crippen molar-refractivity contribution in [3.05, 3.63) is 34.9 Å². The molecule has 1 unspecified atom stereocenters.